The Morgan fingerprint density at radius 1 is 0.778 bits per heavy atom. The molecule has 0 aliphatic carbocycles. The zero-order valence-electron chi connectivity index (χ0n) is 10.2. The number of aryl methyl sites for hydroxylation is 1. The van der Waals surface area contributed by atoms with E-state index in [1.807, 2.05) is 55.5 Å². The lowest BCUT2D eigenvalue weighted by Gasteiger charge is -2.06. The molecule has 0 heterocycles. The summed E-state index contributed by atoms with van der Waals surface area (Å²) >= 11 is 0. The summed E-state index contributed by atoms with van der Waals surface area (Å²) in [6.45, 7) is 1.90. The van der Waals surface area contributed by atoms with Crippen molar-refractivity contribution in [1.29, 1.82) is 0 Å². The van der Waals surface area contributed by atoms with Crippen LogP contribution in [0.5, 0.6) is 0 Å². The van der Waals surface area contributed by atoms with Gasteiger partial charge in [-0.15, -0.1) is 0 Å². The molecule has 0 aromatic heterocycles. The molecule has 3 aromatic carbocycles. The monoisotopic (exact) mass is 236 g/mol. The molecule has 0 saturated carbocycles. The third-order valence-corrected chi connectivity index (χ3v) is 3.19. The first-order valence-corrected chi connectivity index (χ1v) is 5.99. The first-order chi connectivity index (χ1) is 8.74. The van der Waals surface area contributed by atoms with Gasteiger partial charge in [0.2, 0.25) is 0 Å². The lowest BCUT2D eigenvalue weighted by Crippen LogP contribution is -1.86. The summed E-state index contributed by atoms with van der Waals surface area (Å²) in [5, 5.41) is 2.31. The Bertz CT molecular complexity index is 714. The molecule has 3 aromatic rings. The largest absolute Gasteiger partial charge is 0.206 e. The Balaban J connectivity index is 2.19. The molecule has 0 N–H and O–H groups in total. The van der Waals surface area contributed by atoms with Crippen molar-refractivity contribution in [3.05, 3.63) is 72.0 Å². The molecule has 0 saturated heterocycles. The number of halogens is 1. The van der Waals surface area contributed by atoms with E-state index in [9.17, 15) is 4.39 Å². The molecule has 0 amide bonds. The highest BCUT2D eigenvalue weighted by molar-refractivity contribution is 5.87. The maximum Gasteiger partial charge on any atom is 0.131 e. The number of benzene rings is 3. The molecular weight excluding hydrogens is 223 g/mol. The molecule has 0 atom stereocenters. The quantitative estimate of drug-likeness (QED) is 0.560. The standard InChI is InChI=1S/C17H13F/c1-12-6-9-16(17(18)10-12)15-8-7-13-4-2-3-5-14(13)11-15/h2-11H,1H3. The van der Waals surface area contributed by atoms with Crippen LogP contribution in [0.2, 0.25) is 0 Å². The molecule has 0 nitrogen and oxygen atoms in total. The summed E-state index contributed by atoms with van der Waals surface area (Å²) in [5.41, 5.74) is 2.52. The van der Waals surface area contributed by atoms with Crippen LogP contribution >= 0.6 is 0 Å². The van der Waals surface area contributed by atoms with Gasteiger partial charge >= 0.3 is 0 Å². The van der Waals surface area contributed by atoms with Gasteiger partial charge in [0.05, 0.1) is 0 Å². The minimum atomic E-state index is -0.162. The van der Waals surface area contributed by atoms with Crippen LogP contribution in [0.1, 0.15) is 5.56 Å². The van der Waals surface area contributed by atoms with E-state index in [2.05, 4.69) is 6.07 Å². The zero-order chi connectivity index (χ0) is 12.5. The summed E-state index contributed by atoms with van der Waals surface area (Å²) in [6, 6.07) is 19.5. The fourth-order valence-corrected chi connectivity index (χ4v) is 2.21. The first kappa shape index (κ1) is 11.0. The molecule has 0 unspecified atom stereocenters. The molecule has 3 rings (SSSR count). The summed E-state index contributed by atoms with van der Waals surface area (Å²) in [5.74, 6) is -0.162. The summed E-state index contributed by atoms with van der Waals surface area (Å²) in [6.07, 6.45) is 0. The topological polar surface area (TPSA) is 0 Å². The SMILES string of the molecule is Cc1ccc(-c2ccc3ccccc3c2)c(F)c1. The second-order valence-corrected chi connectivity index (χ2v) is 4.55. The van der Waals surface area contributed by atoms with Crippen LogP contribution in [0.25, 0.3) is 21.9 Å². The van der Waals surface area contributed by atoms with Crippen LogP contribution in [0.15, 0.2) is 60.7 Å². The van der Waals surface area contributed by atoms with E-state index in [1.54, 1.807) is 6.07 Å². The second-order valence-electron chi connectivity index (χ2n) is 4.55. The summed E-state index contributed by atoms with van der Waals surface area (Å²) in [7, 11) is 0. The van der Waals surface area contributed by atoms with Crippen molar-refractivity contribution in [1.82, 2.24) is 0 Å². The van der Waals surface area contributed by atoms with E-state index in [4.69, 9.17) is 0 Å². The maximum atomic E-state index is 13.9. The number of hydrogen-bond acceptors (Lipinski definition) is 0. The van der Waals surface area contributed by atoms with Crippen LogP contribution < -0.4 is 0 Å². The second kappa shape index (κ2) is 4.26. The molecule has 18 heavy (non-hydrogen) atoms. The minimum absolute atomic E-state index is 0.162. The van der Waals surface area contributed by atoms with Crippen LogP contribution in [0, 0.1) is 12.7 Å². The van der Waals surface area contributed by atoms with Crippen molar-refractivity contribution in [2.24, 2.45) is 0 Å². The smallest absolute Gasteiger partial charge is 0.131 e. The lowest BCUT2D eigenvalue weighted by molar-refractivity contribution is 0.630. The van der Waals surface area contributed by atoms with Gasteiger partial charge in [-0.25, -0.2) is 4.39 Å². The van der Waals surface area contributed by atoms with Gasteiger partial charge in [0.25, 0.3) is 0 Å². The van der Waals surface area contributed by atoms with Gasteiger partial charge in [-0.1, -0.05) is 48.5 Å². The van der Waals surface area contributed by atoms with Gasteiger partial charge in [-0.2, -0.15) is 0 Å². The van der Waals surface area contributed by atoms with Crippen molar-refractivity contribution >= 4 is 10.8 Å². The van der Waals surface area contributed by atoms with Gasteiger partial charge in [0.1, 0.15) is 5.82 Å². The maximum absolute atomic E-state index is 13.9. The van der Waals surface area contributed by atoms with E-state index in [0.29, 0.717) is 5.56 Å². The molecule has 88 valence electrons. The predicted octanol–water partition coefficient (Wildman–Crippen LogP) is 4.95. The average molecular weight is 236 g/mol. The van der Waals surface area contributed by atoms with Crippen molar-refractivity contribution in [3.8, 4) is 11.1 Å². The van der Waals surface area contributed by atoms with Crippen LogP contribution in [0.4, 0.5) is 4.39 Å². The molecule has 0 spiro atoms. The van der Waals surface area contributed by atoms with Gasteiger partial charge in [-0.05, 0) is 41.0 Å². The van der Waals surface area contributed by atoms with Crippen molar-refractivity contribution in [2.75, 3.05) is 0 Å². The van der Waals surface area contributed by atoms with Crippen molar-refractivity contribution in [2.45, 2.75) is 6.92 Å². The Kier molecular flexibility index (Phi) is 2.60. The molecular formula is C17H13F. The molecule has 0 aliphatic heterocycles. The Morgan fingerprint density at radius 3 is 2.33 bits per heavy atom. The van der Waals surface area contributed by atoms with E-state index in [-0.39, 0.29) is 5.82 Å². The third kappa shape index (κ3) is 1.88. The zero-order valence-corrected chi connectivity index (χ0v) is 10.2. The molecule has 0 radical (unpaired) electrons. The number of rotatable bonds is 1. The highest BCUT2D eigenvalue weighted by Gasteiger charge is 2.05. The predicted molar refractivity (Wildman–Crippen MR) is 74.1 cm³/mol. The third-order valence-electron chi connectivity index (χ3n) is 3.19. The van der Waals surface area contributed by atoms with Crippen molar-refractivity contribution < 1.29 is 4.39 Å². The van der Waals surface area contributed by atoms with Gasteiger partial charge in [-0.3, -0.25) is 0 Å². The van der Waals surface area contributed by atoms with E-state index in [1.165, 1.54) is 5.39 Å². The molecule has 0 aliphatic rings. The Labute approximate surface area is 106 Å². The van der Waals surface area contributed by atoms with E-state index < -0.39 is 0 Å². The van der Waals surface area contributed by atoms with Crippen molar-refractivity contribution in [3.63, 3.8) is 0 Å². The fourth-order valence-electron chi connectivity index (χ4n) is 2.21. The molecule has 0 fully saturated rings. The minimum Gasteiger partial charge on any atom is -0.206 e. The Hall–Kier alpha value is -2.15. The molecule has 0 bridgehead atoms. The van der Waals surface area contributed by atoms with Gasteiger partial charge in [0, 0.05) is 5.56 Å². The summed E-state index contributed by atoms with van der Waals surface area (Å²) < 4.78 is 13.9. The molecule has 1 heteroatoms. The Morgan fingerprint density at radius 2 is 1.56 bits per heavy atom. The van der Waals surface area contributed by atoms with Gasteiger partial charge in [0.15, 0.2) is 0 Å². The van der Waals surface area contributed by atoms with E-state index >= 15 is 0 Å². The lowest BCUT2D eigenvalue weighted by atomic mass is 10.00. The highest BCUT2D eigenvalue weighted by atomic mass is 19.1. The van der Waals surface area contributed by atoms with Crippen LogP contribution in [-0.4, -0.2) is 0 Å². The first-order valence-electron chi connectivity index (χ1n) is 5.99. The van der Waals surface area contributed by atoms with Crippen LogP contribution in [0.3, 0.4) is 0 Å². The van der Waals surface area contributed by atoms with Gasteiger partial charge < -0.3 is 0 Å². The van der Waals surface area contributed by atoms with Crippen LogP contribution in [-0.2, 0) is 0 Å². The fraction of sp³-hybridized carbons (Fsp3) is 0.0588. The highest BCUT2D eigenvalue weighted by Crippen LogP contribution is 2.27. The van der Waals surface area contributed by atoms with E-state index in [0.717, 1.165) is 16.5 Å². The number of fused-ring (bicyclic) bond motifs is 1. The normalized spacial score (nSPS) is 10.8. The summed E-state index contributed by atoms with van der Waals surface area (Å²) in [4.78, 5) is 0. The number of hydrogen-bond donors (Lipinski definition) is 0. The average Bonchev–Trinajstić information content (AvgIpc) is 2.38.